The first-order valence-electron chi connectivity index (χ1n) is 7.38. The Morgan fingerprint density at radius 3 is 2.50 bits per heavy atom. The SMILES string of the molecule is CCNC(=NCCCN(CC)S(C)(=O)=O)NC1CC1C. The third kappa shape index (κ3) is 6.09. The Morgan fingerprint density at radius 1 is 1.40 bits per heavy atom. The second-order valence-corrected chi connectivity index (χ2v) is 7.32. The van der Waals surface area contributed by atoms with Crippen molar-refractivity contribution in [1.29, 1.82) is 0 Å². The fourth-order valence-corrected chi connectivity index (χ4v) is 2.94. The minimum atomic E-state index is -3.09. The number of hydrogen-bond donors (Lipinski definition) is 2. The van der Waals surface area contributed by atoms with Crippen LogP contribution in [0.3, 0.4) is 0 Å². The van der Waals surface area contributed by atoms with Crippen molar-refractivity contribution in [3.8, 4) is 0 Å². The molecule has 0 spiro atoms. The predicted octanol–water partition coefficient (Wildman–Crippen LogP) is 0.622. The summed E-state index contributed by atoms with van der Waals surface area (Å²) in [6.07, 6.45) is 3.18. The highest BCUT2D eigenvalue weighted by Gasteiger charge is 2.33. The molecule has 6 nitrogen and oxygen atoms in total. The Kier molecular flexibility index (Phi) is 6.75. The topological polar surface area (TPSA) is 73.8 Å². The van der Waals surface area contributed by atoms with Gasteiger partial charge in [0, 0.05) is 32.2 Å². The van der Waals surface area contributed by atoms with Crippen molar-refractivity contribution < 1.29 is 8.42 Å². The van der Waals surface area contributed by atoms with Crippen molar-refractivity contribution in [3.63, 3.8) is 0 Å². The van der Waals surface area contributed by atoms with Crippen LogP contribution in [0.2, 0.25) is 0 Å². The maximum absolute atomic E-state index is 11.4. The number of rotatable bonds is 8. The molecule has 1 fully saturated rings. The molecular formula is C13H28N4O2S. The van der Waals surface area contributed by atoms with Crippen molar-refractivity contribution in [3.05, 3.63) is 0 Å². The zero-order chi connectivity index (χ0) is 15.2. The first kappa shape index (κ1) is 17.2. The largest absolute Gasteiger partial charge is 0.357 e. The molecule has 20 heavy (non-hydrogen) atoms. The lowest BCUT2D eigenvalue weighted by atomic mass is 10.4. The number of hydrogen-bond acceptors (Lipinski definition) is 3. The van der Waals surface area contributed by atoms with E-state index in [-0.39, 0.29) is 0 Å². The van der Waals surface area contributed by atoms with Crippen molar-refractivity contribution in [1.82, 2.24) is 14.9 Å². The lowest BCUT2D eigenvalue weighted by Gasteiger charge is -2.17. The number of nitrogens with one attached hydrogen (secondary N) is 2. The van der Waals surface area contributed by atoms with E-state index in [1.54, 1.807) is 0 Å². The zero-order valence-corrected chi connectivity index (χ0v) is 13.8. The maximum atomic E-state index is 11.4. The first-order chi connectivity index (χ1) is 9.38. The van der Waals surface area contributed by atoms with Crippen LogP contribution >= 0.6 is 0 Å². The number of guanidine groups is 1. The van der Waals surface area contributed by atoms with Crippen LogP contribution in [0.1, 0.15) is 33.6 Å². The second-order valence-electron chi connectivity index (χ2n) is 5.33. The van der Waals surface area contributed by atoms with E-state index < -0.39 is 10.0 Å². The Hall–Kier alpha value is -0.820. The van der Waals surface area contributed by atoms with Crippen LogP contribution in [0, 0.1) is 5.92 Å². The van der Waals surface area contributed by atoms with E-state index in [9.17, 15) is 8.42 Å². The van der Waals surface area contributed by atoms with Gasteiger partial charge in [-0.05, 0) is 25.7 Å². The molecule has 0 aromatic carbocycles. The third-order valence-corrected chi connectivity index (χ3v) is 4.81. The van der Waals surface area contributed by atoms with Gasteiger partial charge in [-0.1, -0.05) is 13.8 Å². The minimum absolute atomic E-state index is 0.514. The molecule has 0 aliphatic heterocycles. The second kappa shape index (κ2) is 7.83. The predicted molar refractivity (Wildman–Crippen MR) is 83.4 cm³/mol. The summed E-state index contributed by atoms with van der Waals surface area (Å²) in [4.78, 5) is 4.49. The fourth-order valence-electron chi connectivity index (χ4n) is 2.02. The van der Waals surface area contributed by atoms with Crippen LogP contribution in [-0.2, 0) is 10.0 Å². The van der Waals surface area contributed by atoms with Crippen LogP contribution in [0.25, 0.3) is 0 Å². The van der Waals surface area contributed by atoms with Crippen LogP contribution in [0.15, 0.2) is 4.99 Å². The summed E-state index contributed by atoms with van der Waals surface area (Å²) in [6, 6.07) is 0.538. The van der Waals surface area contributed by atoms with E-state index >= 15 is 0 Å². The van der Waals surface area contributed by atoms with Gasteiger partial charge in [0.15, 0.2) is 5.96 Å². The molecule has 1 aliphatic rings. The van der Waals surface area contributed by atoms with E-state index in [0.29, 0.717) is 25.7 Å². The molecule has 0 aromatic rings. The van der Waals surface area contributed by atoms with Gasteiger partial charge in [0.25, 0.3) is 0 Å². The lowest BCUT2D eigenvalue weighted by Crippen LogP contribution is -2.39. The van der Waals surface area contributed by atoms with Crippen molar-refractivity contribution in [2.75, 3.05) is 32.4 Å². The molecule has 2 atom stereocenters. The van der Waals surface area contributed by atoms with Gasteiger partial charge >= 0.3 is 0 Å². The van der Waals surface area contributed by atoms with E-state index in [1.807, 2.05) is 13.8 Å². The molecule has 0 aromatic heterocycles. The Balaban J connectivity index is 2.36. The van der Waals surface area contributed by atoms with Crippen LogP contribution in [0.4, 0.5) is 0 Å². The van der Waals surface area contributed by atoms with Gasteiger partial charge in [-0.25, -0.2) is 12.7 Å². The summed E-state index contributed by atoms with van der Waals surface area (Å²) in [7, 11) is -3.09. The number of nitrogens with zero attached hydrogens (tertiary/aromatic N) is 2. The molecular weight excluding hydrogens is 276 g/mol. The summed E-state index contributed by atoms with van der Waals surface area (Å²) < 4.78 is 24.4. The Morgan fingerprint density at radius 2 is 2.05 bits per heavy atom. The van der Waals surface area contributed by atoms with E-state index in [0.717, 1.165) is 24.8 Å². The molecule has 118 valence electrons. The monoisotopic (exact) mass is 304 g/mol. The minimum Gasteiger partial charge on any atom is -0.357 e. The number of aliphatic imine (C=N–C) groups is 1. The molecule has 1 aliphatic carbocycles. The molecule has 2 unspecified atom stereocenters. The molecule has 2 N–H and O–H groups in total. The summed E-state index contributed by atoms with van der Waals surface area (Å²) in [5.41, 5.74) is 0. The van der Waals surface area contributed by atoms with Crippen molar-refractivity contribution in [2.45, 2.75) is 39.7 Å². The zero-order valence-electron chi connectivity index (χ0n) is 13.0. The molecule has 0 amide bonds. The normalized spacial score (nSPS) is 22.9. The van der Waals surface area contributed by atoms with Crippen LogP contribution in [-0.4, -0.2) is 57.2 Å². The summed E-state index contributed by atoms with van der Waals surface area (Å²) >= 11 is 0. The molecule has 1 saturated carbocycles. The highest BCUT2D eigenvalue weighted by atomic mass is 32.2. The molecule has 0 heterocycles. The first-order valence-corrected chi connectivity index (χ1v) is 9.23. The standard InChI is InChI=1S/C13H28N4O2S/c1-5-14-13(16-12-10-11(12)3)15-8-7-9-17(6-2)20(4,18)19/h11-12H,5-10H2,1-4H3,(H2,14,15,16). The van der Waals surface area contributed by atoms with Gasteiger partial charge in [0.05, 0.1) is 6.26 Å². The van der Waals surface area contributed by atoms with Gasteiger partial charge in [0.1, 0.15) is 0 Å². The highest BCUT2D eigenvalue weighted by molar-refractivity contribution is 7.88. The van der Waals surface area contributed by atoms with E-state index in [4.69, 9.17) is 0 Å². The highest BCUT2D eigenvalue weighted by Crippen LogP contribution is 2.28. The smallest absolute Gasteiger partial charge is 0.211 e. The summed E-state index contributed by atoms with van der Waals surface area (Å²) in [5, 5.41) is 6.59. The van der Waals surface area contributed by atoms with Crippen molar-refractivity contribution in [2.24, 2.45) is 10.9 Å². The van der Waals surface area contributed by atoms with Crippen molar-refractivity contribution >= 4 is 16.0 Å². The lowest BCUT2D eigenvalue weighted by molar-refractivity contribution is 0.427. The molecule has 0 bridgehead atoms. The molecule has 0 radical (unpaired) electrons. The Labute approximate surface area is 123 Å². The molecule has 1 rings (SSSR count). The van der Waals surface area contributed by atoms with E-state index in [2.05, 4.69) is 22.5 Å². The fraction of sp³-hybridized carbons (Fsp3) is 0.923. The van der Waals surface area contributed by atoms with Gasteiger partial charge in [0.2, 0.25) is 10.0 Å². The average molecular weight is 304 g/mol. The summed E-state index contributed by atoms with van der Waals surface area (Å²) in [6.45, 7) is 8.60. The molecule has 7 heteroatoms. The molecule has 0 saturated heterocycles. The van der Waals surface area contributed by atoms with E-state index in [1.165, 1.54) is 17.0 Å². The van der Waals surface area contributed by atoms with Gasteiger partial charge in [-0.3, -0.25) is 4.99 Å². The van der Waals surface area contributed by atoms with Gasteiger partial charge < -0.3 is 10.6 Å². The third-order valence-electron chi connectivity index (χ3n) is 3.43. The van der Waals surface area contributed by atoms with Crippen LogP contribution < -0.4 is 10.6 Å². The van der Waals surface area contributed by atoms with Crippen LogP contribution in [0.5, 0.6) is 0 Å². The van der Waals surface area contributed by atoms with Gasteiger partial charge in [-0.2, -0.15) is 0 Å². The average Bonchev–Trinajstić information content (AvgIpc) is 3.03. The number of sulfonamides is 1. The van der Waals surface area contributed by atoms with Gasteiger partial charge in [-0.15, -0.1) is 0 Å². The Bertz CT molecular complexity index is 422. The quantitative estimate of drug-likeness (QED) is 0.392. The maximum Gasteiger partial charge on any atom is 0.211 e. The summed E-state index contributed by atoms with van der Waals surface area (Å²) in [5.74, 6) is 1.56.